The number of hydrogen-bond donors (Lipinski definition) is 1. The van der Waals surface area contributed by atoms with Gasteiger partial charge in [0, 0.05) is 11.1 Å². The minimum Gasteiger partial charge on any atom is -0.482 e. The standard InChI is InChI=1S/C22H16Cl2N2O5/c23-16-5-9-20(19(24)12-16)30-14-21(27)26-25-13-15-3-6-18(7-4-15)31-22(28)10-8-17-2-1-11-29-17/h1-13H,14H2,(H,26,27)/b10-8-,25-13?. The van der Waals surface area contributed by atoms with Crippen LogP contribution in [0.15, 0.2) is 76.5 Å². The predicted molar refractivity (Wildman–Crippen MR) is 118 cm³/mol. The van der Waals surface area contributed by atoms with Crippen molar-refractivity contribution in [3.8, 4) is 11.5 Å². The summed E-state index contributed by atoms with van der Waals surface area (Å²) in [5.74, 6) is 0.257. The summed E-state index contributed by atoms with van der Waals surface area (Å²) >= 11 is 11.8. The van der Waals surface area contributed by atoms with E-state index in [2.05, 4.69) is 10.5 Å². The molecule has 31 heavy (non-hydrogen) atoms. The number of esters is 1. The van der Waals surface area contributed by atoms with Crippen molar-refractivity contribution >= 4 is 47.4 Å². The molecule has 0 saturated heterocycles. The van der Waals surface area contributed by atoms with Crippen molar-refractivity contribution in [2.45, 2.75) is 0 Å². The Balaban J connectivity index is 1.43. The molecule has 7 nitrogen and oxygen atoms in total. The highest BCUT2D eigenvalue weighted by Gasteiger charge is 2.06. The van der Waals surface area contributed by atoms with Crippen molar-refractivity contribution in [1.29, 1.82) is 0 Å². The van der Waals surface area contributed by atoms with Gasteiger partial charge in [-0.25, -0.2) is 10.2 Å². The second kappa shape index (κ2) is 11.0. The fraction of sp³-hybridized carbons (Fsp3) is 0.0455. The Morgan fingerprint density at radius 1 is 1.10 bits per heavy atom. The molecule has 3 rings (SSSR count). The van der Waals surface area contributed by atoms with Crippen molar-refractivity contribution < 1.29 is 23.5 Å². The molecule has 0 bridgehead atoms. The van der Waals surface area contributed by atoms with Gasteiger partial charge >= 0.3 is 5.97 Å². The smallest absolute Gasteiger partial charge is 0.336 e. The Labute approximate surface area is 187 Å². The maximum atomic E-state index is 11.8. The summed E-state index contributed by atoms with van der Waals surface area (Å²) in [5, 5.41) is 4.63. The monoisotopic (exact) mass is 458 g/mol. The zero-order valence-corrected chi connectivity index (χ0v) is 17.5. The van der Waals surface area contributed by atoms with Crippen LogP contribution in [-0.4, -0.2) is 24.7 Å². The maximum Gasteiger partial charge on any atom is 0.336 e. The summed E-state index contributed by atoms with van der Waals surface area (Å²) in [6.07, 6.45) is 5.73. The van der Waals surface area contributed by atoms with Crippen molar-refractivity contribution in [3.63, 3.8) is 0 Å². The van der Waals surface area contributed by atoms with Gasteiger partial charge in [0.1, 0.15) is 17.3 Å². The molecular weight excluding hydrogens is 443 g/mol. The van der Waals surface area contributed by atoms with Crippen LogP contribution in [-0.2, 0) is 9.59 Å². The molecule has 158 valence electrons. The number of halogens is 2. The van der Waals surface area contributed by atoms with Gasteiger partial charge in [-0.1, -0.05) is 23.2 Å². The third-order valence-corrected chi connectivity index (χ3v) is 4.21. The van der Waals surface area contributed by atoms with Crippen molar-refractivity contribution in [1.82, 2.24) is 5.43 Å². The number of hydrogen-bond acceptors (Lipinski definition) is 6. The Morgan fingerprint density at radius 2 is 1.90 bits per heavy atom. The number of ether oxygens (including phenoxy) is 2. The Kier molecular flexibility index (Phi) is 7.86. The highest BCUT2D eigenvalue weighted by Crippen LogP contribution is 2.27. The average molecular weight is 459 g/mol. The van der Waals surface area contributed by atoms with Crippen molar-refractivity contribution in [3.05, 3.63) is 88.3 Å². The highest BCUT2D eigenvalue weighted by molar-refractivity contribution is 6.35. The van der Waals surface area contributed by atoms with E-state index in [9.17, 15) is 9.59 Å². The lowest BCUT2D eigenvalue weighted by Gasteiger charge is -2.07. The first kappa shape index (κ1) is 22.1. The molecule has 0 fully saturated rings. The average Bonchev–Trinajstić information content (AvgIpc) is 3.27. The summed E-state index contributed by atoms with van der Waals surface area (Å²) in [6.45, 7) is -0.265. The first-order valence-electron chi connectivity index (χ1n) is 8.93. The molecule has 0 radical (unpaired) electrons. The summed E-state index contributed by atoms with van der Waals surface area (Å²) in [6, 6.07) is 14.7. The van der Waals surface area contributed by atoms with Crippen LogP contribution in [0.5, 0.6) is 11.5 Å². The summed E-state index contributed by atoms with van der Waals surface area (Å²) in [7, 11) is 0. The van der Waals surface area contributed by atoms with Crippen LogP contribution in [0.3, 0.4) is 0 Å². The van der Waals surface area contributed by atoms with Gasteiger partial charge in [0.15, 0.2) is 6.61 Å². The van der Waals surface area contributed by atoms with E-state index in [1.165, 1.54) is 30.7 Å². The van der Waals surface area contributed by atoms with E-state index in [1.54, 1.807) is 48.5 Å². The molecule has 9 heteroatoms. The van der Waals surface area contributed by atoms with Gasteiger partial charge in [-0.2, -0.15) is 5.10 Å². The maximum absolute atomic E-state index is 11.8. The predicted octanol–water partition coefficient (Wildman–Crippen LogP) is 4.73. The highest BCUT2D eigenvalue weighted by atomic mass is 35.5. The minimum atomic E-state index is -0.536. The van der Waals surface area contributed by atoms with Gasteiger partial charge in [0.05, 0.1) is 17.5 Å². The largest absolute Gasteiger partial charge is 0.482 e. The number of nitrogens with one attached hydrogen (secondary N) is 1. The van der Waals surface area contributed by atoms with Gasteiger partial charge in [-0.05, 0) is 66.2 Å². The SMILES string of the molecule is O=C(COc1ccc(Cl)cc1Cl)NN=Cc1ccc(OC(=O)/C=C\c2ccco2)cc1. The van der Waals surface area contributed by atoms with E-state index >= 15 is 0 Å². The molecule has 3 aromatic rings. The van der Waals surface area contributed by atoms with E-state index in [-0.39, 0.29) is 6.61 Å². The van der Waals surface area contributed by atoms with Gasteiger partial charge in [-0.3, -0.25) is 4.79 Å². The zero-order chi connectivity index (χ0) is 22.1. The van der Waals surface area contributed by atoms with E-state index in [4.69, 9.17) is 37.1 Å². The molecule has 0 atom stereocenters. The second-order valence-corrected chi connectivity index (χ2v) is 6.84. The Bertz CT molecular complexity index is 1090. The number of benzene rings is 2. The summed E-state index contributed by atoms with van der Waals surface area (Å²) in [4.78, 5) is 23.6. The molecule has 1 amide bonds. The molecule has 0 aliphatic rings. The number of nitrogens with zero attached hydrogens (tertiary/aromatic N) is 1. The van der Waals surface area contributed by atoms with Crippen LogP contribution >= 0.6 is 23.2 Å². The van der Waals surface area contributed by atoms with Gasteiger partial charge in [-0.15, -0.1) is 0 Å². The summed E-state index contributed by atoms with van der Waals surface area (Å²) < 4.78 is 15.6. The van der Waals surface area contributed by atoms with Crippen molar-refractivity contribution in [2.75, 3.05) is 6.61 Å². The van der Waals surface area contributed by atoms with E-state index in [1.807, 2.05) is 0 Å². The van der Waals surface area contributed by atoms with Gasteiger partial charge < -0.3 is 13.9 Å². The molecule has 0 unspecified atom stereocenters. The molecule has 0 aliphatic carbocycles. The first-order chi connectivity index (χ1) is 15.0. The molecule has 0 saturated carbocycles. The normalized spacial score (nSPS) is 11.0. The van der Waals surface area contributed by atoms with E-state index < -0.39 is 11.9 Å². The quantitative estimate of drug-likeness (QED) is 0.173. The third-order valence-electron chi connectivity index (χ3n) is 3.68. The van der Waals surface area contributed by atoms with Crippen LogP contribution in [0, 0.1) is 0 Å². The molecule has 0 spiro atoms. The molecule has 1 N–H and O–H groups in total. The lowest BCUT2D eigenvalue weighted by molar-refractivity contribution is -0.129. The number of rotatable bonds is 8. The zero-order valence-electron chi connectivity index (χ0n) is 16.0. The molecule has 1 heterocycles. The van der Waals surface area contributed by atoms with Crippen LogP contribution in [0.2, 0.25) is 10.0 Å². The number of carbonyl (C=O) groups excluding carboxylic acids is 2. The van der Waals surface area contributed by atoms with E-state index in [0.29, 0.717) is 32.9 Å². The molecular formula is C22H16Cl2N2O5. The summed E-state index contributed by atoms with van der Waals surface area (Å²) in [5.41, 5.74) is 3.03. The third kappa shape index (κ3) is 7.33. The lowest BCUT2D eigenvalue weighted by atomic mass is 10.2. The van der Waals surface area contributed by atoms with Crippen LogP contribution in [0.4, 0.5) is 0 Å². The number of amides is 1. The van der Waals surface area contributed by atoms with E-state index in [0.717, 1.165) is 0 Å². The number of hydrazone groups is 1. The fourth-order valence-corrected chi connectivity index (χ4v) is 2.72. The molecule has 1 aromatic heterocycles. The Hall–Kier alpha value is -3.55. The Morgan fingerprint density at radius 3 is 2.61 bits per heavy atom. The topological polar surface area (TPSA) is 90.1 Å². The first-order valence-corrected chi connectivity index (χ1v) is 9.68. The number of furan rings is 1. The van der Waals surface area contributed by atoms with Crippen LogP contribution in [0.25, 0.3) is 6.08 Å². The van der Waals surface area contributed by atoms with Crippen LogP contribution in [0.1, 0.15) is 11.3 Å². The van der Waals surface area contributed by atoms with Crippen molar-refractivity contribution in [2.24, 2.45) is 5.10 Å². The van der Waals surface area contributed by atoms with Gasteiger partial charge in [0.25, 0.3) is 5.91 Å². The minimum absolute atomic E-state index is 0.265. The number of carbonyl (C=O) groups is 2. The lowest BCUT2D eigenvalue weighted by Crippen LogP contribution is -2.24. The second-order valence-electron chi connectivity index (χ2n) is 6.00. The molecule has 2 aromatic carbocycles. The molecule has 0 aliphatic heterocycles. The van der Waals surface area contributed by atoms with Gasteiger partial charge in [0.2, 0.25) is 0 Å². The van der Waals surface area contributed by atoms with Crippen LogP contribution < -0.4 is 14.9 Å². The fourth-order valence-electron chi connectivity index (χ4n) is 2.26.